The normalized spacial score (nSPS) is 14.6. The van der Waals surface area contributed by atoms with E-state index in [4.69, 9.17) is 28.6 Å². The number of carbonyl (C=O) groups is 3. The average Bonchev–Trinajstić information content (AvgIpc) is 3.03. The van der Waals surface area contributed by atoms with Gasteiger partial charge in [0.1, 0.15) is 10.1 Å². The molecule has 160 valence electrons. The predicted octanol–water partition coefficient (Wildman–Crippen LogP) is 3.40. The molecule has 7 nitrogen and oxygen atoms in total. The molecule has 0 spiro atoms. The van der Waals surface area contributed by atoms with E-state index in [2.05, 4.69) is 10.9 Å². The first-order chi connectivity index (χ1) is 14.9. The zero-order valence-corrected chi connectivity index (χ0v) is 18.8. The van der Waals surface area contributed by atoms with Crippen LogP contribution < -0.4 is 15.6 Å². The van der Waals surface area contributed by atoms with E-state index in [0.717, 1.165) is 5.56 Å². The van der Waals surface area contributed by atoms with Crippen LogP contribution in [0.2, 0.25) is 5.02 Å². The molecule has 2 N–H and O–H groups in total. The first-order valence-electron chi connectivity index (χ1n) is 9.12. The molecule has 1 fully saturated rings. The maximum absolute atomic E-state index is 12.7. The summed E-state index contributed by atoms with van der Waals surface area (Å²) < 4.78 is 5.67. The van der Waals surface area contributed by atoms with Gasteiger partial charge < -0.3 is 4.74 Å². The predicted molar refractivity (Wildman–Crippen MR) is 125 cm³/mol. The van der Waals surface area contributed by atoms with Crippen molar-refractivity contribution in [3.8, 4) is 5.75 Å². The summed E-state index contributed by atoms with van der Waals surface area (Å²) in [5.41, 5.74) is 5.75. The van der Waals surface area contributed by atoms with Crippen molar-refractivity contribution in [1.29, 1.82) is 0 Å². The molecule has 1 aliphatic rings. The highest BCUT2D eigenvalue weighted by atomic mass is 35.5. The first-order valence-corrected chi connectivity index (χ1v) is 10.7. The number of thiocarbonyl (C=S) groups is 1. The lowest BCUT2D eigenvalue weighted by atomic mass is 10.2. The molecule has 0 aromatic heterocycles. The lowest BCUT2D eigenvalue weighted by Crippen LogP contribution is -2.43. The van der Waals surface area contributed by atoms with Crippen LogP contribution in [0.5, 0.6) is 5.75 Å². The maximum Gasteiger partial charge on any atom is 0.269 e. The Morgan fingerprint density at radius 3 is 2.58 bits per heavy atom. The molecule has 31 heavy (non-hydrogen) atoms. The number of nitrogens with zero attached hydrogens (tertiary/aromatic N) is 1. The third kappa shape index (κ3) is 5.84. The Morgan fingerprint density at radius 1 is 1.16 bits per heavy atom. The molecule has 0 atom stereocenters. The number of carbonyl (C=O) groups excluding carboxylic acids is 3. The van der Waals surface area contributed by atoms with E-state index < -0.39 is 11.8 Å². The third-order valence-corrected chi connectivity index (χ3v) is 5.91. The monoisotopic (exact) mass is 475 g/mol. The molecule has 0 saturated carbocycles. The number of thioether (sulfide) groups is 1. The zero-order chi connectivity index (χ0) is 22.4. The minimum Gasteiger partial charge on any atom is -0.496 e. The van der Waals surface area contributed by atoms with Gasteiger partial charge in [-0.1, -0.05) is 53.8 Å². The number of nitrogens with one attached hydrogen (secondary N) is 2. The smallest absolute Gasteiger partial charge is 0.269 e. The zero-order valence-electron chi connectivity index (χ0n) is 16.4. The number of benzene rings is 2. The van der Waals surface area contributed by atoms with Crippen LogP contribution in [0.25, 0.3) is 6.08 Å². The fourth-order valence-electron chi connectivity index (χ4n) is 2.70. The second-order valence-electron chi connectivity index (χ2n) is 6.33. The van der Waals surface area contributed by atoms with Crippen LogP contribution in [0.15, 0.2) is 53.4 Å². The van der Waals surface area contributed by atoms with Crippen molar-refractivity contribution in [1.82, 2.24) is 15.8 Å². The quantitative estimate of drug-likeness (QED) is 0.378. The van der Waals surface area contributed by atoms with Crippen LogP contribution in [-0.4, -0.2) is 40.6 Å². The van der Waals surface area contributed by atoms with Crippen molar-refractivity contribution in [2.75, 3.05) is 13.7 Å². The minimum atomic E-state index is -0.477. The van der Waals surface area contributed by atoms with Crippen molar-refractivity contribution in [3.63, 3.8) is 0 Å². The summed E-state index contributed by atoms with van der Waals surface area (Å²) in [7, 11) is 1.56. The molecule has 1 saturated heterocycles. The van der Waals surface area contributed by atoms with Crippen LogP contribution in [0.4, 0.5) is 0 Å². The number of hydrazine groups is 1. The fraction of sp³-hybridized carbons (Fsp3) is 0.143. The van der Waals surface area contributed by atoms with Gasteiger partial charge in [0, 0.05) is 29.1 Å². The van der Waals surface area contributed by atoms with Crippen LogP contribution in [0.1, 0.15) is 22.3 Å². The molecule has 0 aliphatic carbocycles. The number of hydrogen-bond acceptors (Lipinski definition) is 6. The molecule has 3 amide bonds. The van der Waals surface area contributed by atoms with Gasteiger partial charge in [0.05, 0.1) is 12.0 Å². The molecular formula is C21H18ClN3O4S2. The van der Waals surface area contributed by atoms with Crippen molar-refractivity contribution >= 4 is 63.7 Å². The number of methoxy groups -OCH3 is 1. The summed E-state index contributed by atoms with van der Waals surface area (Å²) in [4.78, 5) is 38.6. The summed E-state index contributed by atoms with van der Waals surface area (Å²) in [6.45, 7) is 0.0938. The standard InChI is InChI=1S/C21H18ClN3O4S2/c1-29-16-5-3-2-4-14(16)12-17-20(28)25(21(30)31-17)11-10-18(26)23-24-19(27)13-6-8-15(22)9-7-13/h2-9,12H,10-11H2,1H3,(H,23,26)(H,24,27). The van der Waals surface area contributed by atoms with Gasteiger partial charge in [-0.2, -0.15) is 0 Å². The van der Waals surface area contributed by atoms with E-state index in [1.54, 1.807) is 31.4 Å². The van der Waals surface area contributed by atoms with Crippen LogP contribution >= 0.6 is 35.6 Å². The Balaban J connectivity index is 1.54. The lowest BCUT2D eigenvalue weighted by Gasteiger charge is -2.14. The van der Waals surface area contributed by atoms with Crippen molar-refractivity contribution in [2.24, 2.45) is 0 Å². The molecule has 2 aromatic carbocycles. The second-order valence-corrected chi connectivity index (χ2v) is 8.45. The molecule has 0 radical (unpaired) electrons. The number of amides is 3. The second kappa shape index (κ2) is 10.4. The Bertz CT molecular complexity index is 1060. The van der Waals surface area contributed by atoms with Gasteiger partial charge in [0.2, 0.25) is 5.91 Å². The van der Waals surface area contributed by atoms with Gasteiger partial charge in [-0.05, 0) is 36.4 Å². The van der Waals surface area contributed by atoms with Crippen molar-refractivity contribution < 1.29 is 19.1 Å². The largest absolute Gasteiger partial charge is 0.496 e. The molecule has 2 aromatic rings. The topological polar surface area (TPSA) is 87.7 Å². The van der Waals surface area contributed by atoms with E-state index in [0.29, 0.717) is 25.6 Å². The third-order valence-electron chi connectivity index (χ3n) is 4.28. The Hall–Kier alpha value is -2.88. The van der Waals surface area contributed by atoms with Gasteiger partial charge in [-0.3, -0.25) is 30.1 Å². The summed E-state index contributed by atoms with van der Waals surface area (Å²) in [5.74, 6) is -0.567. The molecular weight excluding hydrogens is 458 g/mol. The summed E-state index contributed by atoms with van der Waals surface area (Å²) in [5, 5.41) is 0.504. The van der Waals surface area contributed by atoms with E-state index in [-0.39, 0.29) is 18.9 Å². The molecule has 1 heterocycles. The van der Waals surface area contributed by atoms with Crippen LogP contribution in [0, 0.1) is 0 Å². The first kappa shape index (κ1) is 22.8. The van der Waals surface area contributed by atoms with Gasteiger partial charge >= 0.3 is 0 Å². The number of hydrogen-bond donors (Lipinski definition) is 2. The van der Waals surface area contributed by atoms with Gasteiger partial charge in [-0.15, -0.1) is 0 Å². The van der Waals surface area contributed by atoms with E-state index >= 15 is 0 Å². The van der Waals surface area contributed by atoms with Crippen molar-refractivity contribution in [3.05, 3.63) is 69.6 Å². The highest BCUT2D eigenvalue weighted by Crippen LogP contribution is 2.34. The minimum absolute atomic E-state index is 0.0325. The van der Waals surface area contributed by atoms with Gasteiger partial charge in [0.25, 0.3) is 11.8 Å². The number of rotatable bonds is 6. The number of halogens is 1. The van der Waals surface area contributed by atoms with E-state index in [1.807, 2.05) is 18.2 Å². The Morgan fingerprint density at radius 2 is 1.87 bits per heavy atom. The summed E-state index contributed by atoms with van der Waals surface area (Å²) in [6, 6.07) is 13.6. The SMILES string of the molecule is COc1ccccc1C=C1SC(=S)N(CCC(=O)NNC(=O)c2ccc(Cl)cc2)C1=O. The Labute approximate surface area is 193 Å². The summed E-state index contributed by atoms with van der Waals surface area (Å²) in [6.07, 6.45) is 1.68. The lowest BCUT2D eigenvalue weighted by molar-refractivity contribution is -0.124. The van der Waals surface area contributed by atoms with Gasteiger partial charge in [-0.25, -0.2) is 0 Å². The van der Waals surface area contributed by atoms with E-state index in [9.17, 15) is 14.4 Å². The highest BCUT2D eigenvalue weighted by Gasteiger charge is 2.32. The number of ether oxygens (including phenoxy) is 1. The van der Waals surface area contributed by atoms with Crippen LogP contribution in [-0.2, 0) is 9.59 Å². The number of para-hydroxylation sites is 1. The van der Waals surface area contributed by atoms with Crippen molar-refractivity contribution in [2.45, 2.75) is 6.42 Å². The molecule has 1 aliphatic heterocycles. The molecule has 10 heteroatoms. The summed E-state index contributed by atoms with van der Waals surface area (Å²) >= 11 is 12.2. The highest BCUT2D eigenvalue weighted by molar-refractivity contribution is 8.26. The van der Waals surface area contributed by atoms with Gasteiger partial charge in [0.15, 0.2) is 0 Å². The average molecular weight is 476 g/mol. The Kier molecular flexibility index (Phi) is 7.67. The van der Waals surface area contributed by atoms with E-state index in [1.165, 1.54) is 28.8 Å². The fourth-order valence-corrected chi connectivity index (χ4v) is 4.12. The maximum atomic E-state index is 12.7. The molecule has 0 bridgehead atoms. The molecule has 3 rings (SSSR count). The van der Waals surface area contributed by atoms with Crippen LogP contribution in [0.3, 0.4) is 0 Å². The molecule has 0 unspecified atom stereocenters.